The van der Waals surface area contributed by atoms with Gasteiger partial charge in [-0.2, -0.15) is 19.9 Å². The van der Waals surface area contributed by atoms with E-state index in [0.29, 0.717) is 17.3 Å². The summed E-state index contributed by atoms with van der Waals surface area (Å²) in [6, 6.07) is 26.1. The predicted molar refractivity (Wildman–Crippen MR) is 211 cm³/mol. The summed E-state index contributed by atoms with van der Waals surface area (Å²) in [6.45, 7) is 11.2. The number of hydrogen-bond acceptors (Lipinski definition) is 12. The third-order valence-corrected chi connectivity index (χ3v) is 15.3. The van der Waals surface area contributed by atoms with Crippen LogP contribution in [-0.4, -0.2) is 94.1 Å². The Balaban J connectivity index is 1.35. The highest BCUT2D eigenvalue weighted by molar-refractivity contribution is 6.74. The molecule has 7 rings (SSSR count). The van der Waals surface area contributed by atoms with Crippen molar-refractivity contribution in [2.24, 2.45) is 0 Å². The second-order valence-electron chi connectivity index (χ2n) is 15.1. The van der Waals surface area contributed by atoms with E-state index >= 15 is 0 Å². The minimum absolute atomic E-state index is 0.108. The van der Waals surface area contributed by atoms with Crippen molar-refractivity contribution < 1.29 is 28.1 Å². The fourth-order valence-electron chi connectivity index (χ4n) is 6.81. The van der Waals surface area contributed by atoms with Crippen molar-refractivity contribution in [2.45, 2.75) is 68.9 Å². The first-order chi connectivity index (χ1) is 27.0. The Morgan fingerprint density at radius 1 is 0.732 bits per heavy atom. The number of nitrogens with zero attached hydrogens (tertiary/aromatic N) is 8. The van der Waals surface area contributed by atoms with Crippen LogP contribution in [0.25, 0.3) is 11.8 Å². The molecule has 6 aromatic rings. The maximum absolute atomic E-state index is 7.39. The van der Waals surface area contributed by atoms with E-state index in [0.717, 1.165) is 28.2 Å². The maximum atomic E-state index is 7.39. The number of methoxy groups -OCH3 is 3. The molecule has 1 aliphatic rings. The lowest BCUT2D eigenvalue weighted by Gasteiger charge is -2.41. The van der Waals surface area contributed by atoms with Gasteiger partial charge in [0.1, 0.15) is 66.8 Å². The molecule has 0 radical (unpaired) electrons. The fraction of sp³-hybridized carbons (Fsp3) is 0.366. The van der Waals surface area contributed by atoms with Crippen LogP contribution >= 0.6 is 0 Å². The summed E-state index contributed by atoms with van der Waals surface area (Å²) in [6.07, 6.45) is 5.31. The van der Waals surface area contributed by atoms with E-state index in [-0.39, 0.29) is 11.6 Å². The van der Waals surface area contributed by atoms with Crippen molar-refractivity contribution in [1.82, 2.24) is 39.5 Å². The molecule has 4 atom stereocenters. The zero-order chi connectivity index (χ0) is 39.5. The molecule has 292 valence electrons. The molecule has 0 bridgehead atoms. The molecule has 15 heteroatoms. The maximum Gasteiger partial charge on any atom is 0.254 e. The summed E-state index contributed by atoms with van der Waals surface area (Å²) in [5.41, 5.74) is 2.29. The summed E-state index contributed by atoms with van der Waals surface area (Å²) in [5, 5.41) is 8.54. The molecule has 0 spiro atoms. The van der Waals surface area contributed by atoms with Crippen molar-refractivity contribution in [3.63, 3.8) is 0 Å². The zero-order valence-electron chi connectivity index (χ0n) is 32.9. The minimum Gasteiger partial charge on any atom is -0.497 e. The molecule has 0 N–H and O–H groups in total. The average Bonchev–Trinajstić information content (AvgIpc) is 4.01. The van der Waals surface area contributed by atoms with Gasteiger partial charge in [-0.1, -0.05) is 75.4 Å². The van der Waals surface area contributed by atoms with Crippen LogP contribution in [0.4, 0.5) is 0 Å². The SMILES string of the molecule is COc1ccc(C(OC[C@H]2O[C@@H](c3cnc(-n4cncn4)nc3-n3cncn3)[C@H](OC)[C@@H]2O[Si](C)(C)C(C)(C)C)(c2ccccc2)c2ccc(OC)cc2)cc1. The van der Waals surface area contributed by atoms with Gasteiger partial charge in [-0.25, -0.2) is 19.6 Å². The third-order valence-electron chi connectivity index (χ3n) is 10.8. The van der Waals surface area contributed by atoms with E-state index in [1.165, 1.54) is 23.7 Å². The molecular weight excluding hydrogens is 729 g/mol. The highest BCUT2D eigenvalue weighted by Crippen LogP contribution is 2.46. The fourth-order valence-corrected chi connectivity index (χ4v) is 8.13. The Hall–Kier alpha value is -5.32. The minimum atomic E-state index is -2.42. The van der Waals surface area contributed by atoms with Crippen LogP contribution in [0.2, 0.25) is 18.1 Å². The zero-order valence-corrected chi connectivity index (χ0v) is 33.9. The monoisotopic (exact) mass is 776 g/mol. The Morgan fingerprint density at radius 3 is 1.82 bits per heavy atom. The van der Waals surface area contributed by atoms with Crippen LogP contribution in [0.15, 0.2) is 110 Å². The first-order valence-electron chi connectivity index (χ1n) is 18.4. The number of aromatic nitrogens is 8. The van der Waals surface area contributed by atoms with Gasteiger partial charge in [-0.3, -0.25) is 0 Å². The molecule has 1 aliphatic heterocycles. The van der Waals surface area contributed by atoms with Crippen LogP contribution in [0.3, 0.4) is 0 Å². The van der Waals surface area contributed by atoms with Crippen molar-refractivity contribution in [3.8, 4) is 23.3 Å². The molecule has 0 saturated carbocycles. The van der Waals surface area contributed by atoms with E-state index in [2.05, 4.69) is 71.1 Å². The van der Waals surface area contributed by atoms with Gasteiger partial charge in [0.15, 0.2) is 14.1 Å². The normalized spacial score (nSPS) is 18.9. The molecule has 0 amide bonds. The first-order valence-corrected chi connectivity index (χ1v) is 21.3. The van der Waals surface area contributed by atoms with Crippen molar-refractivity contribution in [1.29, 1.82) is 0 Å². The van der Waals surface area contributed by atoms with Crippen LogP contribution in [0.1, 0.15) is 49.1 Å². The number of hydrogen-bond donors (Lipinski definition) is 0. The van der Waals surface area contributed by atoms with Crippen LogP contribution in [0, 0.1) is 0 Å². The molecule has 0 aliphatic carbocycles. The van der Waals surface area contributed by atoms with E-state index in [1.807, 2.05) is 66.7 Å². The highest BCUT2D eigenvalue weighted by atomic mass is 28.4. The molecule has 0 unspecified atom stereocenters. The third kappa shape index (κ3) is 7.47. The first kappa shape index (κ1) is 38.9. The van der Waals surface area contributed by atoms with Gasteiger partial charge >= 0.3 is 0 Å². The van der Waals surface area contributed by atoms with Crippen LogP contribution < -0.4 is 9.47 Å². The number of ether oxygens (including phenoxy) is 5. The molecule has 1 saturated heterocycles. The van der Waals surface area contributed by atoms with E-state index in [1.54, 1.807) is 38.5 Å². The molecule has 1 fully saturated rings. The van der Waals surface area contributed by atoms with Gasteiger partial charge in [-0.15, -0.1) is 0 Å². The quantitative estimate of drug-likeness (QED) is 0.0880. The molecule has 3 aromatic carbocycles. The standard InChI is InChI=1S/C41H48N8O6Si/c1-40(2,3)56(7,8)55-36-34(54-35(37(36)52-6)33-22-44-39(49-27-43-25-46-49)47-38(33)48-26-42-24-45-48)23-53-41(28-12-10-9-11-13-28,29-14-18-31(50-4)19-15-29)30-16-20-32(51-5)21-17-30/h9-22,24-27,34-37H,23H2,1-8H3/t34-,35+,36-,37+/m1/s1. The number of rotatable bonds is 14. The summed E-state index contributed by atoms with van der Waals surface area (Å²) in [4.78, 5) is 17.8. The van der Waals surface area contributed by atoms with Gasteiger partial charge in [0.2, 0.25) is 0 Å². The summed E-state index contributed by atoms with van der Waals surface area (Å²) in [5.74, 6) is 2.24. The van der Waals surface area contributed by atoms with E-state index in [9.17, 15) is 0 Å². The van der Waals surface area contributed by atoms with Gasteiger partial charge < -0.3 is 28.1 Å². The Kier molecular flexibility index (Phi) is 11.1. The molecule has 56 heavy (non-hydrogen) atoms. The average molecular weight is 777 g/mol. The van der Waals surface area contributed by atoms with E-state index < -0.39 is 38.3 Å². The Morgan fingerprint density at radius 2 is 1.30 bits per heavy atom. The predicted octanol–water partition coefficient (Wildman–Crippen LogP) is 6.51. The molecule has 3 aromatic heterocycles. The van der Waals surface area contributed by atoms with Gasteiger partial charge in [0.05, 0.1) is 20.8 Å². The lowest BCUT2D eigenvalue weighted by Crippen LogP contribution is -2.50. The van der Waals surface area contributed by atoms with Crippen molar-refractivity contribution in [2.75, 3.05) is 27.9 Å². The topological polar surface area (TPSA) is 143 Å². The van der Waals surface area contributed by atoms with Gasteiger partial charge in [-0.05, 0) is 59.1 Å². The van der Waals surface area contributed by atoms with Crippen molar-refractivity contribution >= 4 is 8.32 Å². The molecule has 4 heterocycles. The Bertz CT molecular complexity index is 2120. The largest absolute Gasteiger partial charge is 0.497 e. The van der Waals surface area contributed by atoms with Crippen molar-refractivity contribution in [3.05, 3.63) is 133 Å². The van der Waals surface area contributed by atoms with E-state index in [4.69, 9.17) is 33.1 Å². The second-order valence-corrected chi connectivity index (χ2v) is 19.8. The summed E-state index contributed by atoms with van der Waals surface area (Å²) < 4.78 is 42.3. The summed E-state index contributed by atoms with van der Waals surface area (Å²) in [7, 11) is 2.57. The highest BCUT2D eigenvalue weighted by Gasteiger charge is 2.53. The lowest BCUT2D eigenvalue weighted by atomic mass is 9.80. The lowest BCUT2D eigenvalue weighted by molar-refractivity contribution is -0.0809. The second kappa shape index (κ2) is 16.0. The molecule has 14 nitrogen and oxygen atoms in total. The van der Waals surface area contributed by atoms with Gasteiger partial charge in [0.25, 0.3) is 5.95 Å². The van der Waals surface area contributed by atoms with Gasteiger partial charge in [0, 0.05) is 18.9 Å². The number of benzene rings is 3. The smallest absolute Gasteiger partial charge is 0.254 e. The Labute approximate surface area is 327 Å². The van der Waals surface area contributed by atoms with Crippen LogP contribution in [0.5, 0.6) is 11.5 Å². The molecular formula is C41H48N8O6Si. The van der Waals surface area contributed by atoms with Crippen LogP contribution in [-0.2, 0) is 24.2 Å². The summed E-state index contributed by atoms with van der Waals surface area (Å²) >= 11 is 0.